The van der Waals surface area contributed by atoms with E-state index >= 15 is 0 Å². The normalized spacial score (nSPS) is 18.3. The first-order valence-electron chi connectivity index (χ1n) is 6.93. The van der Waals surface area contributed by atoms with Crippen molar-refractivity contribution in [3.63, 3.8) is 0 Å². The van der Waals surface area contributed by atoms with Gasteiger partial charge in [-0.1, -0.05) is 6.92 Å². The van der Waals surface area contributed by atoms with E-state index in [1.807, 2.05) is 0 Å². The number of aliphatic imine (C=N–C) groups is 1. The molecular weight excluding hydrogens is 212 g/mol. The molecule has 1 aliphatic rings. The molecule has 1 fully saturated rings. The molecule has 17 heavy (non-hydrogen) atoms. The van der Waals surface area contributed by atoms with Gasteiger partial charge in [0.2, 0.25) is 0 Å². The van der Waals surface area contributed by atoms with E-state index in [1.165, 1.54) is 12.8 Å². The first kappa shape index (κ1) is 14.3. The highest BCUT2D eigenvalue weighted by Gasteiger charge is 2.28. The van der Waals surface area contributed by atoms with Gasteiger partial charge in [0, 0.05) is 25.2 Å². The smallest absolute Gasteiger partial charge is 0.191 e. The quantitative estimate of drug-likeness (QED) is 0.522. The molecule has 0 aromatic rings. The van der Waals surface area contributed by atoms with E-state index in [9.17, 15) is 0 Å². The minimum Gasteiger partial charge on any atom is -0.357 e. The summed E-state index contributed by atoms with van der Waals surface area (Å²) in [7, 11) is 2.21. The molecule has 100 valence electrons. The first-order valence-corrected chi connectivity index (χ1v) is 6.93. The number of hydrogen-bond donors (Lipinski definition) is 2. The summed E-state index contributed by atoms with van der Waals surface area (Å²) in [5.41, 5.74) is 0. The molecular formula is C13H28N4. The Kier molecular flexibility index (Phi) is 6.34. The number of rotatable bonds is 7. The van der Waals surface area contributed by atoms with Crippen LogP contribution in [0.5, 0.6) is 0 Å². The van der Waals surface area contributed by atoms with Crippen LogP contribution >= 0.6 is 0 Å². The highest BCUT2D eigenvalue weighted by atomic mass is 15.2. The Morgan fingerprint density at radius 1 is 1.35 bits per heavy atom. The summed E-state index contributed by atoms with van der Waals surface area (Å²) in [6.07, 6.45) is 3.85. The Bertz CT molecular complexity index is 236. The molecule has 0 saturated heterocycles. The van der Waals surface area contributed by atoms with Crippen molar-refractivity contribution in [2.75, 3.05) is 26.7 Å². The van der Waals surface area contributed by atoms with Gasteiger partial charge in [-0.3, -0.25) is 9.89 Å². The summed E-state index contributed by atoms with van der Waals surface area (Å²) in [5, 5.41) is 6.61. The molecule has 0 aromatic heterocycles. The summed E-state index contributed by atoms with van der Waals surface area (Å²) in [4.78, 5) is 7.09. The molecule has 1 aliphatic carbocycles. The zero-order valence-corrected chi connectivity index (χ0v) is 11.8. The van der Waals surface area contributed by atoms with Gasteiger partial charge in [0.1, 0.15) is 0 Å². The third-order valence-electron chi connectivity index (χ3n) is 3.22. The molecule has 0 heterocycles. The highest BCUT2D eigenvalue weighted by molar-refractivity contribution is 5.79. The van der Waals surface area contributed by atoms with Crippen molar-refractivity contribution in [2.24, 2.45) is 4.99 Å². The third-order valence-corrected chi connectivity index (χ3v) is 3.22. The molecule has 0 spiro atoms. The predicted octanol–water partition coefficient (Wildman–Crippen LogP) is 1.43. The number of guanidine groups is 1. The summed E-state index contributed by atoms with van der Waals surface area (Å²) >= 11 is 0. The van der Waals surface area contributed by atoms with Gasteiger partial charge in [-0.2, -0.15) is 0 Å². The van der Waals surface area contributed by atoms with Crippen LogP contribution in [0.1, 0.15) is 40.0 Å². The van der Waals surface area contributed by atoms with Crippen molar-refractivity contribution >= 4 is 5.96 Å². The van der Waals surface area contributed by atoms with E-state index in [0.29, 0.717) is 6.04 Å². The number of nitrogens with zero attached hydrogens (tertiary/aromatic N) is 2. The maximum absolute atomic E-state index is 4.63. The van der Waals surface area contributed by atoms with Crippen LogP contribution in [-0.2, 0) is 0 Å². The molecule has 0 bridgehead atoms. The maximum Gasteiger partial charge on any atom is 0.191 e. The zero-order valence-electron chi connectivity index (χ0n) is 11.8. The average molecular weight is 240 g/mol. The first-order chi connectivity index (χ1) is 8.19. The fourth-order valence-corrected chi connectivity index (χ4v) is 1.78. The van der Waals surface area contributed by atoms with Crippen LogP contribution in [0.4, 0.5) is 0 Å². The minimum atomic E-state index is 0.527. The summed E-state index contributed by atoms with van der Waals surface area (Å²) in [6, 6.07) is 1.34. The van der Waals surface area contributed by atoms with E-state index < -0.39 is 0 Å². The van der Waals surface area contributed by atoms with Gasteiger partial charge in [0.15, 0.2) is 5.96 Å². The SMILES string of the molecule is CCCNC(=NCC(C)N(C)C1CC1)NCC. The lowest BCUT2D eigenvalue weighted by Crippen LogP contribution is -2.39. The zero-order chi connectivity index (χ0) is 12.7. The molecule has 1 saturated carbocycles. The van der Waals surface area contributed by atoms with Crippen molar-refractivity contribution in [3.05, 3.63) is 0 Å². The molecule has 1 unspecified atom stereocenters. The second kappa shape index (κ2) is 7.54. The Morgan fingerprint density at radius 3 is 2.59 bits per heavy atom. The number of likely N-dealkylation sites (N-methyl/N-ethyl adjacent to an activating group) is 1. The molecule has 0 radical (unpaired) electrons. The van der Waals surface area contributed by atoms with Gasteiger partial charge in [-0.15, -0.1) is 0 Å². The van der Waals surface area contributed by atoms with Crippen molar-refractivity contribution in [2.45, 2.75) is 52.1 Å². The molecule has 0 amide bonds. The average Bonchev–Trinajstić information content (AvgIpc) is 3.15. The lowest BCUT2D eigenvalue weighted by Gasteiger charge is -2.23. The van der Waals surface area contributed by atoms with Gasteiger partial charge >= 0.3 is 0 Å². The summed E-state index contributed by atoms with van der Waals surface area (Å²) < 4.78 is 0. The number of hydrogen-bond acceptors (Lipinski definition) is 2. The Balaban J connectivity index is 2.34. The van der Waals surface area contributed by atoms with Crippen LogP contribution in [0.3, 0.4) is 0 Å². The Labute approximate surface area is 106 Å². The second-order valence-electron chi connectivity index (χ2n) is 4.89. The molecule has 1 rings (SSSR count). The predicted molar refractivity (Wildman–Crippen MR) is 74.5 cm³/mol. The monoisotopic (exact) mass is 240 g/mol. The highest BCUT2D eigenvalue weighted by Crippen LogP contribution is 2.26. The standard InChI is InChI=1S/C13H28N4/c1-5-9-15-13(14-6-2)16-10-11(3)17(4)12-7-8-12/h11-12H,5-10H2,1-4H3,(H2,14,15,16). The topological polar surface area (TPSA) is 39.7 Å². The largest absolute Gasteiger partial charge is 0.357 e. The molecule has 0 aliphatic heterocycles. The van der Waals surface area contributed by atoms with Gasteiger partial charge in [0.25, 0.3) is 0 Å². The summed E-state index contributed by atoms with van der Waals surface area (Å²) in [6.45, 7) is 9.29. The molecule has 4 nitrogen and oxygen atoms in total. The van der Waals surface area contributed by atoms with Gasteiger partial charge in [0.05, 0.1) is 6.54 Å². The van der Waals surface area contributed by atoms with Crippen LogP contribution < -0.4 is 10.6 Å². The lowest BCUT2D eigenvalue weighted by atomic mass is 10.3. The molecule has 1 atom stereocenters. The molecule has 4 heteroatoms. The second-order valence-corrected chi connectivity index (χ2v) is 4.89. The van der Waals surface area contributed by atoms with E-state index in [2.05, 4.69) is 48.3 Å². The Morgan fingerprint density at radius 2 is 2.06 bits per heavy atom. The van der Waals surface area contributed by atoms with E-state index in [0.717, 1.165) is 38.1 Å². The van der Waals surface area contributed by atoms with Crippen molar-refractivity contribution < 1.29 is 0 Å². The Hall–Kier alpha value is -0.770. The van der Waals surface area contributed by atoms with Crippen LogP contribution in [0.15, 0.2) is 4.99 Å². The van der Waals surface area contributed by atoms with Gasteiger partial charge in [-0.25, -0.2) is 0 Å². The third kappa shape index (κ3) is 5.39. The molecule has 0 aromatic carbocycles. The minimum absolute atomic E-state index is 0.527. The van der Waals surface area contributed by atoms with E-state index in [1.54, 1.807) is 0 Å². The van der Waals surface area contributed by atoms with Gasteiger partial charge in [-0.05, 0) is 40.2 Å². The van der Waals surface area contributed by atoms with Crippen LogP contribution in [-0.4, -0.2) is 49.6 Å². The van der Waals surface area contributed by atoms with Crippen LogP contribution in [0, 0.1) is 0 Å². The number of nitrogens with one attached hydrogen (secondary N) is 2. The fourth-order valence-electron chi connectivity index (χ4n) is 1.78. The van der Waals surface area contributed by atoms with Crippen molar-refractivity contribution in [1.82, 2.24) is 15.5 Å². The van der Waals surface area contributed by atoms with E-state index in [4.69, 9.17) is 0 Å². The fraction of sp³-hybridized carbons (Fsp3) is 0.923. The van der Waals surface area contributed by atoms with E-state index in [-0.39, 0.29) is 0 Å². The van der Waals surface area contributed by atoms with Crippen LogP contribution in [0.2, 0.25) is 0 Å². The van der Waals surface area contributed by atoms with Crippen molar-refractivity contribution in [1.29, 1.82) is 0 Å². The lowest BCUT2D eigenvalue weighted by molar-refractivity contribution is 0.253. The summed E-state index contributed by atoms with van der Waals surface area (Å²) in [5.74, 6) is 0.949. The maximum atomic E-state index is 4.63. The van der Waals surface area contributed by atoms with Gasteiger partial charge < -0.3 is 10.6 Å². The molecule has 2 N–H and O–H groups in total. The van der Waals surface area contributed by atoms with Crippen molar-refractivity contribution in [3.8, 4) is 0 Å². The van der Waals surface area contributed by atoms with Crippen LogP contribution in [0.25, 0.3) is 0 Å².